The normalized spacial score (nSPS) is 11.5. The van der Waals surface area contributed by atoms with Crippen LogP contribution in [0.1, 0.15) is 22.3 Å². The Morgan fingerprint density at radius 3 is 1.13 bits per heavy atom. The van der Waals surface area contributed by atoms with Crippen LogP contribution in [0.4, 0.5) is 34.1 Å². The highest BCUT2D eigenvalue weighted by Gasteiger charge is 2.21. The van der Waals surface area contributed by atoms with E-state index in [0.29, 0.717) is 0 Å². The van der Waals surface area contributed by atoms with E-state index >= 15 is 0 Å². The van der Waals surface area contributed by atoms with Gasteiger partial charge in [-0.05, 0) is 115 Å². The van der Waals surface area contributed by atoms with Crippen molar-refractivity contribution in [2.45, 2.75) is 27.7 Å². The van der Waals surface area contributed by atoms with E-state index in [1.165, 1.54) is 65.9 Å². The number of nitrogens with zero attached hydrogens (tertiary/aromatic N) is 2. The summed E-state index contributed by atoms with van der Waals surface area (Å²) in [5.41, 5.74) is 12.0. The molecule has 0 heterocycles. The maximum atomic E-state index is 2.41. The van der Waals surface area contributed by atoms with Crippen LogP contribution in [0.3, 0.4) is 0 Å². The van der Waals surface area contributed by atoms with Crippen molar-refractivity contribution in [1.29, 1.82) is 0 Å². The summed E-state index contributed by atoms with van der Waals surface area (Å²) in [4.78, 5) is 4.81. The summed E-state index contributed by atoms with van der Waals surface area (Å²) in [6, 6.07) is 53.7. The fourth-order valence-electron chi connectivity index (χ4n) is 6.86. The Bertz CT molecular complexity index is 2290. The largest absolute Gasteiger partial charge is 0.310 e. The van der Waals surface area contributed by atoms with Gasteiger partial charge in [0, 0.05) is 33.5 Å². The molecule has 0 N–H and O–H groups in total. The molecular formula is C44H36N2. The molecule has 0 atom stereocenters. The molecule has 46 heavy (non-hydrogen) atoms. The summed E-state index contributed by atoms with van der Waals surface area (Å²) >= 11 is 0. The topological polar surface area (TPSA) is 6.48 Å². The monoisotopic (exact) mass is 592 g/mol. The van der Waals surface area contributed by atoms with Crippen molar-refractivity contribution in [3.05, 3.63) is 168 Å². The highest BCUT2D eigenvalue weighted by atomic mass is 15.1. The van der Waals surface area contributed by atoms with Crippen LogP contribution in [0.15, 0.2) is 146 Å². The summed E-state index contributed by atoms with van der Waals surface area (Å²) in [5.74, 6) is 0. The Morgan fingerprint density at radius 2 is 0.717 bits per heavy atom. The zero-order valence-corrected chi connectivity index (χ0v) is 26.8. The second-order valence-electron chi connectivity index (χ2n) is 12.6. The molecule has 0 aliphatic heterocycles. The van der Waals surface area contributed by atoms with Gasteiger partial charge in [0.2, 0.25) is 0 Å². The highest BCUT2D eigenvalue weighted by Crippen LogP contribution is 2.47. The summed E-state index contributed by atoms with van der Waals surface area (Å²) in [6.07, 6.45) is 0. The lowest BCUT2D eigenvalue weighted by molar-refractivity contribution is 1.28. The van der Waals surface area contributed by atoms with E-state index < -0.39 is 0 Å². The van der Waals surface area contributed by atoms with Crippen LogP contribution in [-0.4, -0.2) is 0 Å². The lowest BCUT2D eigenvalue weighted by atomic mass is 9.91. The zero-order valence-electron chi connectivity index (χ0n) is 26.8. The Hall–Kier alpha value is -5.60. The van der Waals surface area contributed by atoms with Crippen molar-refractivity contribution in [1.82, 2.24) is 0 Å². The van der Waals surface area contributed by atoms with Crippen LogP contribution in [0.2, 0.25) is 0 Å². The average Bonchev–Trinajstić information content (AvgIpc) is 3.07. The SMILES string of the molecule is Cc1ccc(N(c2ccc(C)cc2)c2ccc3ccc4c(N(c5ccc(C)cc5)c5cccc(C)c5)ccc5ccc2c3c54)cc1. The Labute approximate surface area is 271 Å². The second kappa shape index (κ2) is 11.1. The van der Waals surface area contributed by atoms with Crippen molar-refractivity contribution in [2.24, 2.45) is 0 Å². The summed E-state index contributed by atoms with van der Waals surface area (Å²) in [5, 5.41) is 7.58. The molecule has 8 aromatic rings. The summed E-state index contributed by atoms with van der Waals surface area (Å²) < 4.78 is 0. The lowest BCUT2D eigenvalue weighted by Gasteiger charge is -2.29. The molecule has 0 fully saturated rings. The Balaban J connectivity index is 1.40. The predicted octanol–water partition coefficient (Wildman–Crippen LogP) is 12.8. The fraction of sp³-hybridized carbons (Fsp3) is 0.0909. The minimum atomic E-state index is 1.15. The van der Waals surface area contributed by atoms with Crippen molar-refractivity contribution < 1.29 is 0 Å². The molecule has 0 bridgehead atoms. The van der Waals surface area contributed by atoms with Crippen molar-refractivity contribution in [3.8, 4) is 0 Å². The number of benzene rings is 8. The first kappa shape index (κ1) is 27.9. The van der Waals surface area contributed by atoms with E-state index in [0.717, 1.165) is 22.7 Å². The maximum absolute atomic E-state index is 2.41. The smallest absolute Gasteiger partial charge is 0.0540 e. The minimum absolute atomic E-state index is 1.15. The van der Waals surface area contributed by atoms with Crippen LogP contribution >= 0.6 is 0 Å². The van der Waals surface area contributed by atoms with Gasteiger partial charge >= 0.3 is 0 Å². The zero-order chi connectivity index (χ0) is 31.4. The quantitative estimate of drug-likeness (QED) is 0.177. The first-order valence-electron chi connectivity index (χ1n) is 16.0. The van der Waals surface area contributed by atoms with Gasteiger partial charge in [-0.15, -0.1) is 0 Å². The summed E-state index contributed by atoms with van der Waals surface area (Å²) in [6.45, 7) is 8.59. The second-order valence-corrected chi connectivity index (χ2v) is 12.6. The van der Waals surface area contributed by atoms with E-state index in [4.69, 9.17) is 0 Å². The molecule has 2 nitrogen and oxygen atoms in total. The van der Waals surface area contributed by atoms with Crippen LogP contribution in [0.5, 0.6) is 0 Å². The summed E-state index contributed by atoms with van der Waals surface area (Å²) in [7, 11) is 0. The number of rotatable bonds is 6. The molecule has 0 amide bonds. The third-order valence-corrected chi connectivity index (χ3v) is 9.24. The molecule has 8 rings (SSSR count). The predicted molar refractivity (Wildman–Crippen MR) is 198 cm³/mol. The van der Waals surface area contributed by atoms with Crippen LogP contribution in [0, 0.1) is 27.7 Å². The molecule has 0 aliphatic rings. The van der Waals surface area contributed by atoms with Gasteiger partial charge in [0.15, 0.2) is 0 Å². The molecule has 2 heteroatoms. The molecule has 222 valence electrons. The van der Waals surface area contributed by atoms with Gasteiger partial charge in [0.25, 0.3) is 0 Å². The molecule has 0 saturated heterocycles. The van der Waals surface area contributed by atoms with E-state index in [1.807, 2.05) is 0 Å². The van der Waals surface area contributed by atoms with Crippen LogP contribution < -0.4 is 9.80 Å². The maximum Gasteiger partial charge on any atom is 0.0540 e. The number of hydrogen-bond acceptors (Lipinski definition) is 2. The third-order valence-electron chi connectivity index (χ3n) is 9.24. The molecule has 0 spiro atoms. The number of hydrogen-bond donors (Lipinski definition) is 0. The van der Waals surface area contributed by atoms with E-state index in [1.54, 1.807) is 0 Å². The van der Waals surface area contributed by atoms with Gasteiger partial charge in [0.1, 0.15) is 0 Å². The Kier molecular flexibility index (Phi) is 6.73. The minimum Gasteiger partial charge on any atom is -0.310 e. The van der Waals surface area contributed by atoms with Gasteiger partial charge in [-0.3, -0.25) is 0 Å². The number of aryl methyl sites for hydroxylation is 4. The van der Waals surface area contributed by atoms with Crippen molar-refractivity contribution in [2.75, 3.05) is 9.80 Å². The van der Waals surface area contributed by atoms with E-state index in [-0.39, 0.29) is 0 Å². The molecule has 0 saturated carbocycles. The first-order chi connectivity index (χ1) is 22.4. The molecular weight excluding hydrogens is 556 g/mol. The molecule has 0 radical (unpaired) electrons. The standard InChI is InChI=1S/C44H36N2/c1-29-8-18-35(19-9-29)45(36-20-10-30(2)11-21-36)41-26-16-33-15-25-40-42(27-17-34-14-24-39(41)43(33)44(34)40)46(37-22-12-31(3)13-23-37)38-7-5-6-32(4)28-38/h5-28H,1-4H3. The molecule has 0 aromatic heterocycles. The average molecular weight is 593 g/mol. The van der Waals surface area contributed by atoms with Crippen LogP contribution in [0.25, 0.3) is 32.3 Å². The Morgan fingerprint density at radius 1 is 0.326 bits per heavy atom. The van der Waals surface area contributed by atoms with Gasteiger partial charge < -0.3 is 9.80 Å². The van der Waals surface area contributed by atoms with Gasteiger partial charge in [-0.1, -0.05) is 102 Å². The lowest BCUT2D eigenvalue weighted by Crippen LogP contribution is -2.11. The van der Waals surface area contributed by atoms with Gasteiger partial charge in [-0.25, -0.2) is 0 Å². The van der Waals surface area contributed by atoms with Crippen LogP contribution in [-0.2, 0) is 0 Å². The highest BCUT2D eigenvalue weighted by molar-refractivity contribution is 6.28. The van der Waals surface area contributed by atoms with E-state index in [9.17, 15) is 0 Å². The molecule has 0 unspecified atom stereocenters. The van der Waals surface area contributed by atoms with Gasteiger partial charge in [-0.2, -0.15) is 0 Å². The van der Waals surface area contributed by atoms with Crippen molar-refractivity contribution in [3.63, 3.8) is 0 Å². The van der Waals surface area contributed by atoms with Crippen molar-refractivity contribution >= 4 is 66.4 Å². The third kappa shape index (κ3) is 4.74. The molecule has 8 aromatic carbocycles. The van der Waals surface area contributed by atoms with E-state index in [2.05, 4.69) is 183 Å². The molecule has 0 aliphatic carbocycles. The van der Waals surface area contributed by atoms with Gasteiger partial charge in [0.05, 0.1) is 11.4 Å². The first-order valence-corrected chi connectivity index (χ1v) is 16.0. The number of anilines is 6. The fourth-order valence-corrected chi connectivity index (χ4v) is 6.86.